The third-order valence-electron chi connectivity index (χ3n) is 6.78. The molecular weight excluding hydrogens is 483 g/mol. The van der Waals surface area contributed by atoms with Gasteiger partial charge in [-0.2, -0.15) is 13.2 Å². The van der Waals surface area contributed by atoms with E-state index in [9.17, 15) is 22.8 Å². The summed E-state index contributed by atoms with van der Waals surface area (Å²) in [5, 5.41) is 2.87. The smallest absolute Gasteiger partial charge is 0.431 e. The van der Waals surface area contributed by atoms with E-state index in [1.165, 1.54) is 0 Å². The van der Waals surface area contributed by atoms with Crippen LogP contribution in [0.4, 0.5) is 13.2 Å². The zero-order chi connectivity index (χ0) is 26.5. The Balaban J connectivity index is 1.57. The third-order valence-corrected chi connectivity index (χ3v) is 6.78. The molecule has 2 N–H and O–H groups in total. The summed E-state index contributed by atoms with van der Waals surface area (Å²) in [7, 11) is 1.87. The first-order chi connectivity index (χ1) is 17.5. The Kier molecular flexibility index (Phi) is 6.19. The summed E-state index contributed by atoms with van der Waals surface area (Å²) in [6.07, 6.45) is -2.71. The zero-order valence-electron chi connectivity index (χ0n) is 20.6. The van der Waals surface area contributed by atoms with Gasteiger partial charge in [0.05, 0.1) is 6.04 Å². The second-order valence-corrected chi connectivity index (χ2v) is 9.63. The fourth-order valence-electron chi connectivity index (χ4n) is 4.78. The van der Waals surface area contributed by atoms with Crippen molar-refractivity contribution in [3.05, 3.63) is 98.0 Å². The quantitative estimate of drug-likeness (QED) is 0.499. The van der Waals surface area contributed by atoms with Gasteiger partial charge < -0.3 is 19.9 Å². The van der Waals surface area contributed by atoms with Gasteiger partial charge in [0.2, 0.25) is 0 Å². The molecule has 0 fully saturated rings. The second-order valence-electron chi connectivity index (χ2n) is 9.63. The Bertz CT molecular complexity index is 1440. The summed E-state index contributed by atoms with van der Waals surface area (Å²) in [4.78, 5) is 30.1. The molecule has 2 aliphatic heterocycles. The van der Waals surface area contributed by atoms with Crippen molar-refractivity contribution in [1.29, 1.82) is 0 Å². The predicted octanol–water partition coefficient (Wildman–Crippen LogP) is 5.35. The fraction of sp³-hybridized carbons (Fsp3) is 0.286. The van der Waals surface area contributed by atoms with Crippen LogP contribution in [-0.4, -0.2) is 35.9 Å². The number of hydrogen-bond acceptors (Lipinski definition) is 4. The molecule has 192 valence electrons. The number of carbonyl (C=O) groups is 1. The molecule has 0 atom stereocenters. The molecule has 2 aromatic carbocycles. The van der Waals surface area contributed by atoms with Crippen molar-refractivity contribution in [2.75, 3.05) is 20.1 Å². The van der Waals surface area contributed by atoms with Crippen molar-refractivity contribution >= 4 is 11.5 Å². The van der Waals surface area contributed by atoms with E-state index >= 15 is 0 Å². The van der Waals surface area contributed by atoms with E-state index in [2.05, 4.69) is 5.32 Å². The van der Waals surface area contributed by atoms with Crippen LogP contribution < -0.4 is 15.6 Å². The van der Waals surface area contributed by atoms with Gasteiger partial charge in [0.15, 0.2) is 0 Å². The van der Waals surface area contributed by atoms with Crippen LogP contribution in [0.3, 0.4) is 0 Å². The van der Waals surface area contributed by atoms with E-state index in [1.54, 1.807) is 6.08 Å². The maximum absolute atomic E-state index is 13.8. The number of nitrogens with zero attached hydrogens (tertiary/aromatic N) is 1. The Morgan fingerprint density at radius 2 is 1.68 bits per heavy atom. The summed E-state index contributed by atoms with van der Waals surface area (Å²) < 4.78 is 47.6. The van der Waals surface area contributed by atoms with Crippen LogP contribution in [0, 0.1) is 13.8 Å². The van der Waals surface area contributed by atoms with Gasteiger partial charge >= 0.3 is 6.18 Å². The molecule has 3 heterocycles. The third kappa shape index (κ3) is 4.79. The average molecular weight is 510 g/mol. The summed E-state index contributed by atoms with van der Waals surface area (Å²) in [6, 6.07) is 11.6. The minimum Gasteiger partial charge on any atom is -0.457 e. The van der Waals surface area contributed by atoms with E-state index in [0.717, 1.165) is 17.2 Å². The number of halogens is 3. The minimum absolute atomic E-state index is 0.177. The molecule has 3 aromatic rings. The molecule has 9 heteroatoms. The highest BCUT2D eigenvalue weighted by atomic mass is 19.4. The maximum Gasteiger partial charge on any atom is 0.431 e. The summed E-state index contributed by atoms with van der Waals surface area (Å²) in [5.74, 6) is 0.374. The van der Waals surface area contributed by atoms with Gasteiger partial charge in [-0.15, -0.1) is 0 Å². The number of aryl methyl sites for hydroxylation is 2. The zero-order valence-corrected chi connectivity index (χ0v) is 20.6. The maximum atomic E-state index is 13.8. The first kappa shape index (κ1) is 24.8. The lowest BCUT2D eigenvalue weighted by Gasteiger charge is -2.29. The number of aromatic amines is 1. The van der Waals surface area contributed by atoms with Crippen LogP contribution in [0.1, 0.15) is 56.3 Å². The Labute approximate surface area is 211 Å². The van der Waals surface area contributed by atoms with Gasteiger partial charge in [-0.05, 0) is 62.2 Å². The molecule has 6 nitrogen and oxygen atoms in total. The normalized spacial score (nSPS) is 15.9. The highest BCUT2D eigenvalue weighted by molar-refractivity contribution is 5.95. The number of rotatable bonds is 3. The summed E-state index contributed by atoms with van der Waals surface area (Å²) >= 11 is 0. The number of aromatic nitrogens is 1. The number of fused-ring (bicyclic) bond motifs is 2. The van der Waals surface area contributed by atoms with E-state index in [1.807, 2.05) is 67.2 Å². The van der Waals surface area contributed by atoms with Crippen LogP contribution in [0.25, 0.3) is 5.57 Å². The molecule has 1 aromatic heterocycles. The van der Waals surface area contributed by atoms with Crippen LogP contribution in [0.2, 0.25) is 0 Å². The lowest BCUT2D eigenvalue weighted by atomic mass is 9.92. The monoisotopic (exact) mass is 509 g/mol. The van der Waals surface area contributed by atoms with Crippen molar-refractivity contribution < 1.29 is 22.7 Å². The number of pyridine rings is 1. The Hall–Kier alpha value is -3.85. The Morgan fingerprint density at radius 1 is 1.05 bits per heavy atom. The molecule has 0 saturated heterocycles. The largest absolute Gasteiger partial charge is 0.457 e. The van der Waals surface area contributed by atoms with Crippen LogP contribution in [0.15, 0.2) is 53.3 Å². The van der Waals surface area contributed by atoms with Crippen molar-refractivity contribution in [2.24, 2.45) is 0 Å². The van der Waals surface area contributed by atoms with Gasteiger partial charge in [-0.1, -0.05) is 30.3 Å². The van der Waals surface area contributed by atoms with E-state index in [4.69, 9.17) is 4.74 Å². The summed E-state index contributed by atoms with van der Waals surface area (Å²) in [6.45, 7) is 4.88. The molecule has 5 rings (SSSR count). The first-order valence-electron chi connectivity index (χ1n) is 11.9. The number of benzene rings is 2. The molecule has 0 unspecified atom stereocenters. The van der Waals surface area contributed by atoms with Gasteiger partial charge in [-0.25, -0.2) is 0 Å². The second kappa shape index (κ2) is 9.23. The molecule has 2 aliphatic rings. The van der Waals surface area contributed by atoms with Gasteiger partial charge in [0.25, 0.3) is 11.5 Å². The number of H-pyrrole nitrogens is 1. The number of likely N-dealkylation sites (N-methyl/N-ethyl adjacent to an activating group) is 1. The van der Waals surface area contributed by atoms with Crippen LogP contribution in [-0.2, 0) is 6.18 Å². The lowest BCUT2D eigenvalue weighted by molar-refractivity contribution is -0.141. The van der Waals surface area contributed by atoms with E-state index in [-0.39, 0.29) is 11.1 Å². The average Bonchev–Trinajstić information content (AvgIpc) is 2.83. The lowest BCUT2D eigenvalue weighted by Crippen LogP contribution is -2.36. The van der Waals surface area contributed by atoms with Crippen molar-refractivity contribution in [1.82, 2.24) is 15.2 Å². The number of carbonyl (C=O) groups excluding carboxylic acids is 1. The Morgan fingerprint density at radius 3 is 2.22 bits per heavy atom. The number of alkyl halides is 3. The van der Waals surface area contributed by atoms with Crippen LogP contribution >= 0.6 is 0 Å². The number of hydrogen-bond donors (Lipinski definition) is 2. The van der Waals surface area contributed by atoms with Crippen molar-refractivity contribution in [3.63, 3.8) is 0 Å². The highest BCUT2D eigenvalue weighted by Gasteiger charge is 2.37. The number of amides is 1. The highest BCUT2D eigenvalue weighted by Crippen LogP contribution is 2.43. The predicted molar refractivity (Wildman–Crippen MR) is 134 cm³/mol. The molecule has 0 saturated carbocycles. The van der Waals surface area contributed by atoms with Gasteiger partial charge in [-0.3, -0.25) is 9.59 Å². The fourth-order valence-corrected chi connectivity index (χ4v) is 4.78. The van der Waals surface area contributed by atoms with E-state index < -0.39 is 29.4 Å². The number of nitrogens with one attached hydrogen (secondary N) is 2. The van der Waals surface area contributed by atoms with Crippen molar-refractivity contribution in [2.45, 2.75) is 32.5 Å². The van der Waals surface area contributed by atoms with Crippen molar-refractivity contribution in [3.8, 4) is 11.5 Å². The summed E-state index contributed by atoms with van der Waals surface area (Å²) in [5.41, 5.74) is 0.975. The van der Waals surface area contributed by atoms with Gasteiger partial charge in [0.1, 0.15) is 22.8 Å². The standard InChI is InChI=1S/C28H26F3N3O3/c1-15-4-6-18-22(12-15)37-23-13-16(2)5-7-19(23)24(18)32-26(35)21-14-20(17-8-10-34(3)11-9-17)25(28(29,30)31)33-27(21)36/h4-8,12-14,24H,9-11H2,1-3H3,(H,32,35)(H,33,36). The topological polar surface area (TPSA) is 74.4 Å². The molecule has 0 aliphatic carbocycles. The molecule has 0 spiro atoms. The van der Waals surface area contributed by atoms with Crippen LogP contribution in [0.5, 0.6) is 11.5 Å². The number of ether oxygens (including phenoxy) is 1. The molecule has 1 amide bonds. The minimum atomic E-state index is -4.78. The molecule has 37 heavy (non-hydrogen) atoms. The first-order valence-corrected chi connectivity index (χ1v) is 11.9. The molecule has 0 bridgehead atoms. The van der Waals surface area contributed by atoms with E-state index in [0.29, 0.717) is 47.7 Å². The van der Waals surface area contributed by atoms with Gasteiger partial charge in [0, 0.05) is 29.8 Å². The molecular formula is C28H26F3N3O3. The SMILES string of the molecule is Cc1ccc2c(c1)Oc1cc(C)ccc1C2NC(=O)c1cc(C2=CCN(C)CC2)c(C(F)(F)F)[nH]c1=O. The molecule has 0 radical (unpaired) electrons.